The van der Waals surface area contributed by atoms with Crippen LogP contribution in [0.3, 0.4) is 0 Å². The number of aromatic nitrogens is 2. The van der Waals surface area contributed by atoms with Gasteiger partial charge in [0, 0.05) is 22.3 Å². The molecular formula is C35H28N4O3S. The van der Waals surface area contributed by atoms with Crippen LogP contribution in [0, 0.1) is 17.2 Å². The quantitative estimate of drug-likeness (QED) is 0.191. The predicted molar refractivity (Wildman–Crippen MR) is 168 cm³/mol. The van der Waals surface area contributed by atoms with Crippen molar-refractivity contribution in [2.24, 2.45) is 5.92 Å². The van der Waals surface area contributed by atoms with Gasteiger partial charge in [-0.2, -0.15) is 5.26 Å². The zero-order chi connectivity index (χ0) is 29.9. The van der Waals surface area contributed by atoms with Gasteiger partial charge in [-0.25, -0.2) is 14.8 Å². The van der Waals surface area contributed by atoms with Crippen LogP contribution < -0.4 is 5.32 Å². The molecule has 2 aromatic heterocycles. The van der Waals surface area contributed by atoms with E-state index in [0.717, 1.165) is 41.6 Å². The average Bonchev–Trinajstić information content (AvgIpc) is 3.03. The number of hydrogen-bond donors (Lipinski definition) is 2. The fraction of sp³-hybridized carbons (Fsp3) is 0.171. The van der Waals surface area contributed by atoms with Gasteiger partial charge in [0.05, 0.1) is 22.3 Å². The van der Waals surface area contributed by atoms with Crippen molar-refractivity contribution in [2.45, 2.75) is 36.5 Å². The minimum atomic E-state index is -1.02. The van der Waals surface area contributed by atoms with E-state index in [0.29, 0.717) is 38.8 Å². The van der Waals surface area contributed by atoms with Gasteiger partial charge in [-0.05, 0) is 66.6 Å². The molecule has 2 atom stereocenters. The highest BCUT2D eigenvalue weighted by Gasteiger charge is 2.26. The summed E-state index contributed by atoms with van der Waals surface area (Å²) in [6, 6.07) is 29.6. The summed E-state index contributed by atoms with van der Waals surface area (Å²) in [5.41, 5.74) is 6.05. The minimum absolute atomic E-state index is 0.183. The van der Waals surface area contributed by atoms with E-state index in [1.807, 2.05) is 54.6 Å². The molecule has 212 valence electrons. The van der Waals surface area contributed by atoms with Crippen molar-refractivity contribution in [3.05, 3.63) is 119 Å². The van der Waals surface area contributed by atoms with Crippen molar-refractivity contribution >= 4 is 40.2 Å². The van der Waals surface area contributed by atoms with Crippen LogP contribution >= 0.6 is 11.8 Å². The van der Waals surface area contributed by atoms with E-state index in [1.165, 1.54) is 11.8 Å². The summed E-state index contributed by atoms with van der Waals surface area (Å²) in [4.78, 5) is 35.2. The van der Waals surface area contributed by atoms with Gasteiger partial charge in [0.25, 0.3) is 0 Å². The number of nitriles is 1. The first-order chi connectivity index (χ1) is 20.9. The number of rotatable bonds is 7. The fourth-order valence-electron chi connectivity index (χ4n) is 5.44. The molecule has 1 aliphatic carbocycles. The molecule has 2 unspecified atom stereocenters. The Morgan fingerprint density at radius 2 is 1.74 bits per heavy atom. The Morgan fingerprint density at radius 3 is 2.49 bits per heavy atom. The number of aromatic carboxylic acids is 1. The number of amides is 1. The maximum atomic E-state index is 13.7. The maximum Gasteiger partial charge on any atom is 0.336 e. The molecule has 1 aliphatic rings. The third-order valence-corrected chi connectivity index (χ3v) is 8.94. The van der Waals surface area contributed by atoms with E-state index in [2.05, 4.69) is 23.3 Å². The molecule has 7 nitrogen and oxygen atoms in total. The van der Waals surface area contributed by atoms with Gasteiger partial charge < -0.3 is 10.4 Å². The molecule has 0 saturated heterocycles. The summed E-state index contributed by atoms with van der Waals surface area (Å²) < 4.78 is 0. The van der Waals surface area contributed by atoms with Crippen LogP contribution in [0.4, 0.5) is 5.69 Å². The van der Waals surface area contributed by atoms with Crippen LogP contribution in [0.5, 0.6) is 0 Å². The first-order valence-corrected chi connectivity index (χ1v) is 15.0. The van der Waals surface area contributed by atoms with Gasteiger partial charge in [-0.3, -0.25) is 4.79 Å². The standard InChI is InChI=1S/C35H28N4O3S/c1-21-11-16-29-24(17-21)18-25(20-36)34(39-29)43-32(23-7-3-2-4-8-23)33(40)37-26-14-12-22(13-15-26)31-19-28(35(41)42)27-9-5-6-10-30(27)38-31/h2-10,12-15,18-19,21,32H,11,16-17H2,1H3,(H,37,40)(H,41,42). The SMILES string of the molecule is CC1CCc2nc(SC(C(=O)Nc3ccc(-c4cc(C(=O)O)c5ccccc5n4)cc3)c3ccccc3)c(C#N)cc2C1. The summed E-state index contributed by atoms with van der Waals surface area (Å²) in [5, 5.41) is 23.2. The number of thioether (sulfide) groups is 1. The lowest BCUT2D eigenvalue weighted by molar-refractivity contribution is -0.115. The lowest BCUT2D eigenvalue weighted by Gasteiger charge is -2.23. The average molecular weight is 585 g/mol. The highest BCUT2D eigenvalue weighted by atomic mass is 32.2. The molecule has 43 heavy (non-hydrogen) atoms. The largest absolute Gasteiger partial charge is 0.478 e. The Morgan fingerprint density at radius 1 is 1.00 bits per heavy atom. The monoisotopic (exact) mass is 584 g/mol. The summed E-state index contributed by atoms with van der Waals surface area (Å²) in [6.07, 6.45) is 2.83. The second kappa shape index (κ2) is 12.1. The van der Waals surface area contributed by atoms with E-state index >= 15 is 0 Å². The molecule has 0 fully saturated rings. The number of anilines is 1. The molecule has 8 heteroatoms. The van der Waals surface area contributed by atoms with Crippen molar-refractivity contribution in [3.63, 3.8) is 0 Å². The Balaban J connectivity index is 1.27. The summed E-state index contributed by atoms with van der Waals surface area (Å²) in [6.45, 7) is 2.21. The molecule has 0 aliphatic heterocycles. The van der Waals surface area contributed by atoms with Gasteiger partial charge in [0.1, 0.15) is 16.3 Å². The lowest BCUT2D eigenvalue weighted by atomic mass is 9.87. The topological polar surface area (TPSA) is 116 Å². The lowest BCUT2D eigenvalue weighted by Crippen LogP contribution is -2.20. The summed E-state index contributed by atoms with van der Waals surface area (Å²) >= 11 is 1.29. The van der Waals surface area contributed by atoms with Crippen LogP contribution in [0.1, 0.15) is 51.3 Å². The third-order valence-electron chi connectivity index (χ3n) is 7.68. The fourth-order valence-corrected chi connectivity index (χ4v) is 6.52. The number of hydrogen-bond acceptors (Lipinski definition) is 6. The van der Waals surface area contributed by atoms with Crippen molar-refractivity contribution in [1.82, 2.24) is 9.97 Å². The molecule has 1 amide bonds. The molecule has 0 saturated carbocycles. The number of pyridine rings is 2. The zero-order valence-electron chi connectivity index (χ0n) is 23.4. The molecular weight excluding hydrogens is 556 g/mol. The number of para-hydroxylation sites is 1. The minimum Gasteiger partial charge on any atom is -0.478 e. The van der Waals surface area contributed by atoms with Crippen molar-refractivity contribution in [3.8, 4) is 17.3 Å². The highest BCUT2D eigenvalue weighted by molar-refractivity contribution is 8.00. The van der Waals surface area contributed by atoms with Crippen LogP contribution in [-0.2, 0) is 17.6 Å². The Hall–Kier alpha value is -5.00. The summed E-state index contributed by atoms with van der Waals surface area (Å²) in [7, 11) is 0. The van der Waals surface area contributed by atoms with Gasteiger partial charge in [0.15, 0.2) is 0 Å². The van der Waals surface area contributed by atoms with E-state index in [4.69, 9.17) is 4.98 Å². The number of carbonyl (C=O) groups is 2. The Labute approximate surface area is 253 Å². The molecule has 6 rings (SSSR count). The number of fused-ring (bicyclic) bond motifs is 2. The number of carboxylic acids is 1. The molecule has 2 heterocycles. The highest BCUT2D eigenvalue weighted by Crippen LogP contribution is 2.39. The number of aryl methyl sites for hydroxylation is 1. The van der Waals surface area contributed by atoms with Crippen LogP contribution in [-0.4, -0.2) is 27.0 Å². The van der Waals surface area contributed by atoms with Crippen LogP contribution in [0.2, 0.25) is 0 Å². The van der Waals surface area contributed by atoms with E-state index < -0.39 is 11.2 Å². The van der Waals surface area contributed by atoms with Crippen molar-refractivity contribution in [2.75, 3.05) is 5.32 Å². The number of benzene rings is 3. The number of carboxylic acid groups (broad SMARTS) is 1. The number of carbonyl (C=O) groups excluding carboxylic acids is 1. The predicted octanol–water partition coefficient (Wildman–Crippen LogP) is 7.46. The maximum absolute atomic E-state index is 13.7. The molecule has 0 bridgehead atoms. The van der Waals surface area contributed by atoms with Gasteiger partial charge >= 0.3 is 5.97 Å². The molecule has 5 aromatic rings. The van der Waals surface area contributed by atoms with Crippen molar-refractivity contribution < 1.29 is 14.7 Å². The number of nitrogens with zero attached hydrogens (tertiary/aromatic N) is 3. The third kappa shape index (κ3) is 5.99. The molecule has 0 spiro atoms. The summed E-state index contributed by atoms with van der Waals surface area (Å²) in [5.74, 6) is -0.696. The Bertz CT molecular complexity index is 1880. The van der Waals surface area contributed by atoms with Crippen molar-refractivity contribution in [1.29, 1.82) is 5.26 Å². The first kappa shape index (κ1) is 28.1. The van der Waals surface area contributed by atoms with E-state index in [9.17, 15) is 20.0 Å². The molecule has 3 aromatic carbocycles. The second-order valence-corrected chi connectivity index (χ2v) is 11.9. The van der Waals surface area contributed by atoms with E-state index in [1.54, 1.807) is 36.4 Å². The first-order valence-electron chi connectivity index (χ1n) is 14.1. The normalized spacial score (nSPS) is 14.8. The second-order valence-electron chi connectivity index (χ2n) is 10.8. The smallest absolute Gasteiger partial charge is 0.336 e. The van der Waals surface area contributed by atoms with E-state index in [-0.39, 0.29) is 11.5 Å². The molecule has 2 N–H and O–H groups in total. The van der Waals surface area contributed by atoms with Gasteiger partial charge in [-0.1, -0.05) is 79.3 Å². The van der Waals surface area contributed by atoms with Gasteiger partial charge in [0.2, 0.25) is 5.91 Å². The Kier molecular flexibility index (Phi) is 7.91. The van der Waals surface area contributed by atoms with Crippen LogP contribution in [0.25, 0.3) is 22.2 Å². The van der Waals surface area contributed by atoms with Gasteiger partial charge in [-0.15, -0.1) is 0 Å². The molecule has 0 radical (unpaired) electrons. The number of nitrogens with one attached hydrogen (secondary N) is 1. The zero-order valence-corrected chi connectivity index (χ0v) is 24.3. The van der Waals surface area contributed by atoms with Crippen LogP contribution in [0.15, 0.2) is 96.0 Å².